The van der Waals surface area contributed by atoms with E-state index >= 15 is 0 Å². The second kappa shape index (κ2) is 10.2. The van der Waals surface area contributed by atoms with Gasteiger partial charge in [0, 0.05) is 22.3 Å². The summed E-state index contributed by atoms with van der Waals surface area (Å²) in [5.74, 6) is -0.847. The predicted octanol–water partition coefficient (Wildman–Crippen LogP) is 5.72. The molecule has 0 spiro atoms. The summed E-state index contributed by atoms with van der Waals surface area (Å²) >= 11 is 0. The van der Waals surface area contributed by atoms with E-state index in [0.29, 0.717) is 28.1 Å². The Labute approximate surface area is 220 Å². The number of carbonyl (C=O) groups excluding carboxylic acids is 2. The molecular formula is C30H27N5O3. The van der Waals surface area contributed by atoms with E-state index in [4.69, 9.17) is 15.4 Å². The Bertz CT molecular complexity index is 1630. The first-order chi connectivity index (χ1) is 18.4. The zero-order chi connectivity index (χ0) is 26.8. The topological polar surface area (TPSA) is 116 Å². The number of hydrogen-bond donors (Lipinski definition) is 2. The average molecular weight is 506 g/mol. The molecule has 2 aromatic heterocycles. The molecule has 3 aromatic carbocycles. The molecule has 5 aromatic rings. The van der Waals surface area contributed by atoms with Crippen molar-refractivity contribution < 1.29 is 14.1 Å². The molecule has 0 fully saturated rings. The van der Waals surface area contributed by atoms with Crippen LogP contribution in [0.4, 0.5) is 5.88 Å². The minimum atomic E-state index is -0.603. The van der Waals surface area contributed by atoms with E-state index in [2.05, 4.69) is 17.4 Å². The number of amides is 2. The maximum Gasteiger partial charge on any atom is 0.258 e. The zero-order valence-corrected chi connectivity index (χ0v) is 21.4. The van der Waals surface area contributed by atoms with Crippen molar-refractivity contribution in [2.45, 2.75) is 27.2 Å². The van der Waals surface area contributed by atoms with Crippen LogP contribution in [0.5, 0.6) is 0 Å². The van der Waals surface area contributed by atoms with Gasteiger partial charge in [-0.05, 0) is 56.2 Å². The van der Waals surface area contributed by atoms with E-state index in [1.54, 1.807) is 36.4 Å². The fraction of sp³-hybridized carbons (Fsp3) is 0.133. The van der Waals surface area contributed by atoms with Gasteiger partial charge in [-0.25, -0.2) is 4.68 Å². The second-order valence-corrected chi connectivity index (χ2v) is 8.94. The zero-order valence-electron chi connectivity index (χ0n) is 21.4. The van der Waals surface area contributed by atoms with Gasteiger partial charge in [-0.3, -0.25) is 14.9 Å². The molecule has 0 aliphatic carbocycles. The quantitative estimate of drug-likeness (QED) is 0.293. The molecule has 2 amide bonds. The number of aryl methyl sites for hydroxylation is 2. The molecule has 0 aliphatic heterocycles. The maximum atomic E-state index is 13.2. The number of nitrogens with two attached hydrogens (primary N) is 1. The standard InChI is InChI=1S/C30H27N5O3/c1-4-20-14-16-21(17-15-20)29(37)32-30-26(23-12-8-9-13-24(23)28(31)36)27(34-38-30)25-18(2)33-35(19(25)3)22-10-6-5-7-11-22/h5-17H,4H2,1-3H3,(H2,31,36)(H,32,37). The van der Waals surface area contributed by atoms with Gasteiger partial charge in [0.2, 0.25) is 11.8 Å². The van der Waals surface area contributed by atoms with Crippen molar-refractivity contribution in [3.05, 3.63) is 107 Å². The minimum absolute atomic E-state index is 0.115. The molecule has 0 unspecified atom stereocenters. The number of nitrogens with one attached hydrogen (secondary N) is 1. The van der Waals surface area contributed by atoms with E-state index in [1.807, 2.05) is 61.0 Å². The number of hydrogen-bond acceptors (Lipinski definition) is 5. The third-order valence-electron chi connectivity index (χ3n) is 6.53. The van der Waals surface area contributed by atoms with Crippen LogP contribution in [-0.2, 0) is 6.42 Å². The largest absolute Gasteiger partial charge is 0.366 e. The molecule has 0 saturated carbocycles. The van der Waals surface area contributed by atoms with Crippen LogP contribution >= 0.6 is 0 Å². The van der Waals surface area contributed by atoms with E-state index < -0.39 is 5.91 Å². The van der Waals surface area contributed by atoms with E-state index in [9.17, 15) is 9.59 Å². The molecule has 0 aliphatic rings. The van der Waals surface area contributed by atoms with Gasteiger partial charge < -0.3 is 10.3 Å². The molecule has 8 heteroatoms. The van der Waals surface area contributed by atoms with Gasteiger partial charge >= 0.3 is 0 Å². The summed E-state index contributed by atoms with van der Waals surface area (Å²) in [5, 5.41) is 12.0. The smallest absolute Gasteiger partial charge is 0.258 e. The molecule has 5 rings (SSSR count). The van der Waals surface area contributed by atoms with Crippen molar-refractivity contribution in [1.82, 2.24) is 14.9 Å². The third-order valence-corrected chi connectivity index (χ3v) is 6.53. The lowest BCUT2D eigenvalue weighted by Gasteiger charge is -2.10. The van der Waals surface area contributed by atoms with Gasteiger partial charge in [0.15, 0.2) is 0 Å². The highest BCUT2D eigenvalue weighted by molar-refractivity contribution is 6.09. The van der Waals surface area contributed by atoms with Gasteiger partial charge in [-0.15, -0.1) is 0 Å². The molecule has 38 heavy (non-hydrogen) atoms. The van der Waals surface area contributed by atoms with Crippen molar-refractivity contribution >= 4 is 17.7 Å². The molecule has 3 N–H and O–H groups in total. The predicted molar refractivity (Wildman–Crippen MR) is 146 cm³/mol. The van der Waals surface area contributed by atoms with E-state index in [0.717, 1.165) is 28.9 Å². The number of primary amides is 1. The summed E-state index contributed by atoms with van der Waals surface area (Å²) in [6, 6.07) is 24.0. The lowest BCUT2D eigenvalue weighted by atomic mass is 9.95. The van der Waals surface area contributed by atoms with Crippen molar-refractivity contribution in [3.63, 3.8) is 0 Å². The normalized spacial score (nSPS) is 10.9. The number of benzene rings is 3. The Balaban J connectivity index is 1.67. The lowest BCUT2D eigenvalue weighted by molar-refractivity contribution is 0.0998. The summed E-state index contributed by atoms with van der Waals surface area (Å²) in [5.41, 5.74) is 12.2. The fourth-order valence-electron chi connectivity index (χ4n) is 4.59. The monoisotopic (exact) mass is 505 g/mol. The first-order valence-electron chi connectivity index (χ1n) is 12.3. The maximum absolute atomic E-state index is 13.2. The Morgan fingerprint density at radius 1 is 0.921 bits per heavy atom. The number of para-hydroxylation sites is 1. The number of aromatic nitrogens is 3. The van der Waals surface area contributed by atoms with Gasteiger partial charge in [0.25, 0.3) is 5.91 Å². The number of nitrogens with zero attached hydrogens (tertiary/aromatic N) is 3. The van der Waals surface area contributed by atoms with Gasteiger partial charge in [0.05, 0.1) is 22.6 Å². The van der Waals surface area contributed by atoms with Crippen LogP contribution in [0, 0.1) is 13.8 Å². The Morgan fingerprint density at radius 2 is 1.61 bits per heavy atom. The molecule has 8 nitrogen and oxygen atoms in total. The minimum Gasteiger partial charge on any atom is -0.366 e. The number of anilines is 1. The highest BCUT2D eigenvalue weighted by Gasteiger charge is 2.28. The molecule has 190 valence electrons. The van der Waals surface area contributed by atoms with Crippen molar-refractivity contribution in [2.75, 3.05) is 5.32 Å². The van der Waals surface area contributed by atoms with Crippen molar-refractivity contribution in [3.8, 4) is 28.1 Å². The van der Waals surface area contributed by atoms with E-state index in [1.165, 1.54) is 0 Å². The van der Waals surface area contributed by atoms with Gasteiger partial charge in [-0.2, -0.15) is 5.10 Å². The van der Waals surface area contributed by atoms with Crippen molar-refractivity contribution in [1.29, 1.82) is 0 Å². The lowest BCUT2D eigenvalue weighted by Crippen LogP contribution is -2.14. The summed E-state index contributed by atoms with van der Waals surface area (Å²) in [4.78, 5) is 25.5. The second-order valence-electron chi connectivity index (χ2n) is 8.94. The molecule has 0 bridgehead atoms. The average Bonchev–Trinajstić information content (AvgIpc) is 3.47. The summed E-state index contributed by atoms with van der Waals surface area (Å²) in [6.45, 7) is 5.87. The molecular weight excluding hydrogens is 478 g/mol. The molecule has 0 atom stereocenters. The van der Waals surface area contributed by atoms with Crippen LogP contribution < -0.4 is 11.1 Å². The van der Waals surface area contributed by atoms with Crippen LogP contribution in [0.25, 0.3) is 28.1 Å². The highest BCUT2D eigenvalue weighted by Crippen LogP contribution is 2.42. The van der Waals surface area contributed by atoms with Crippen LogP contribution in [0.15, 0.2) is 83.4 Å². The first kappa shape index (κ1) is 24.7. The molecule has 0 radical (unpaired) electrons. The van der Waals surface area contributed by atoms with Gasteiger partial charge in [0.1, 0.15) is 5.69 Å². The van der Waals surface area contributed by atoms with Crippen molar-refractivity contribution in [2.24, 2.45) is 5.73 Å². The number of carbonyl (C=O) groups is 2. The van der Waals surface area contributed by atoms with Gasteiger partial charge in [-0.1, -0.05) is 60.6 Å². The van der Waals surface area contributed by atoms with Crippen LogP contribution in [0.2, 0.25) is 0 Å². The summed E-state index contributed by atoms with van der Waals surface area (Å²) in [7, 11) is 0. The Kier molecular flexibility index (Phi) is 6.62. The number of rotatable bonds is 7. The Hall–Kier alpha value is -4.98. The summed E-state index contributed by atoms with van der Waals surface area (Å²) in [6.07, 6.45) is 0.872. The Morgan fingerprint density at radius 3 is 2.29 bits per heavy atom. The summed E-state index contributed by atoms with van der Waals surface area (Å²) < 4.78 is 7.56. The molecule has 2 heterocycles. The molecule has 0 saturated heterocycles. The van der Waals surface area contributed by atoms with Crippen LogP contribution in [-0.4, -0.2) is 26.8 Å². The van der Waals surface area contributed by atoms with Crippen LogP contribution in [0.3, 0.4) is 0 Å². The SMILES string of the molecule is CCc1ccc(C(=O)Nc2onc(-c3c(C)nn(-c4ccccc4)c3C)c2-c2ccccc2C(N)=O)cc1. The first-order valence-corrected chi connectivity index (χ1v) is 12.3. The van der Waals surface area contributed by atoms with E-state index in [-0.39, 0.29) is 17.4 Å². The van der Waals surface area contributed by atoms with Crippen LogP contribution in [0.1, 0.15) is 44.6 Å². The third kappa shape index (κ3) is 4.48. The fourth-order valence-corrected chi connectivity index (χ4v) is 4.59. The highest BCUT2D eigenvalue weighted by atomic mass is 16.5.